The molecule has 1 aromatic carbocycles. The zero-order valence-corrected chi connectivity index (χ0v) is 14.3. The lowest BCUT2D eigenvalue weighted by atomic mass is 9.59. The van der Waals surface area contributed by atoms with Gasteiger partial charge in [-0.2, -0.15) is 0 Å². The number of urea groups is 1. The summed E-state index contributed by atoms with van der Waals surface area (Å²) in [5.41, 5.74) is 1.64. The van der Waals surface area contributed by atoms with Gasteiger partial charge in [-0.3, -0.25) is 9.88 Å². The predicted octanol–water partition coefficient (Wildman–Crippen LogP) is 2.49. The van der Waals surface area contributed by atoms with Gasteiger partial charge in [0.05, 0.1) is 16.8 Å². The quantitative estimate of drug-likeness (QED) is 0.903. The first-order chi connectivity index (χ1) is 12.0. The summed E-state index contributed by atoms with van der Waals surface area (Å²) >= 11 is 0. The molecule has 0 radical (unpaired) electrons. The number of hydrogen-bond acceptors (Lipinski definition) is 3. The van der Waals surface area contributed by atoms with Gasteiger partial charge in [0, 0.05) is 23.9 Å². The minimum Gasteiger partial charge on any atom is -0.336 e. The van der Waals surface area contributed by atoms with Crippen LogP contribution in [0.1, 0.15) is 18.5 Å². The third-order valence-corrected chi connectivity index (χ3v) is 5.50. The lowest BCUT2D eigenvalue weighted by molar-refractivity contribution is -0.0208. The van der Waals surface area contributed by atoms with Crippen molar-refractivity contribution in [2.75, 3.05) is 20.6 Å². The summed E-state index contributed by atoms with van der Waals surface area (Å²) in [4.78, 5) is 18.4. The topological polar surface area (TPSA) is 57.3 Å². The van der Waals surface area contributed by atoms with E-state index in [2.05, 4.69) is 20.5 Å². The highest BCUT2D eigenvalue weighted by Crippen LogP contribution is 2.53. The number of nitrogens with one attached hydrogen (secondary N) is 2. The van der Waals surface area contributed by atoms with E-state index in [4.69, 9.17) is 0 Å². The zero-order chi connectivity index (χ0) is 17.7. The second-order valence-electron chi connectivity index (χ2n) is 7.25. The van der Waals surface area contributed by atoms with Crippen molar-refractivity contribution in [2.24, 2.45) is 0 Å². The summed E-state index contributed by atoms with van der Waals surface area (Å²) in [5, 5.41) is 5.89. The maximum Gasteiger partial charge on any atom is 0.315 e. The molecule has 1 saturated carbocycles. The van der Waals surface area contributed by atoms with E-state index in [1.807, 2.05) is 32.3 Å². The van der Waals surface area contributed by atoms with Crippen molar-refractivity contribution in [1.82, 2.24) is 20.5 Å². The fraction of sp³-hybridized carbons (Fsp3) is 0.368. The van der Waals surface area contributed by atoms with Crippen molar-refractivity contribution in [3.05, 3.63) is 54.1 Å². The lowest BCUT2D eigenvalue weighted by Crippen LogP contribution is -2.67. The number of carbonyl (C=O) groups excluding carboxylic acids is 1. The molecule has 6 heteroatoms. The number of amides is 2. The minimum atomic E-state index is -0.335. The Kier molecular flexibility index (Phi) is 3.54. The number of aromatic nitrogens is 1. The average Bonchev–Trinajstić information content (AvgIpc) is 2.95. The molecule has 2 aliphatic rings. The Bertz CT molecular complexity index is 830. The van der Waals surface area contributed by atoms with Crippen molar-refractivity contribution in [3.8, 4) is 11.1 Å². The summed E-state index contributed by atoms with van der Waals surface area (Å²) in [6, 6.07) is 10.4. The van der Waals surface area contributed by atoms with Crippen LogP contribution in [-0.4, -0.2) is 42.1 Å². The van der Waals surface area contributed by atoms with E-state index in [0.29, 0.717) is 12.1 Å². The molecule has 0 atom stereocenters. The molecule has 1 aromatic heterocycles. The van der Waals surface area contributed by atoms with Gasteiger partial charge in [-0.1, -0.05) is 24.3 Å². The molecule has 130 valence electrons. The van der Waals surface area contributed by atoms with Crippen LogP contribution in [0.25, 0.3) is 11.1 Å². The average molecular weight is 340 g/mol. The van der Waals surface area contributed by atoms with Crippen LogP contribution in [0.5, 0.6) is 0 Å². The Morgan fingerprint density at radius 2 is 1.84 bits per heavy atom. The van der Waals surface area contributed by atoms with Crippen molar-refractivity contribution in [2.45, 2.75) is 23.9 Å². The molecule has 2 amide bonds. The van der Waals surface area contributed by atoms with E-state index in [1.54, 1.807) is 18.3 Å². The van der Waals surface area contributed by atoms with Crippen molar-refractivity contribution in [1.29, 1.82) is 0 Å². The SMILES string of the molecule is CN(C)C1(c2ncccc2-c2ccccc2F)CC2(CNC(=O)N2)C1. The highest BCUT2D eigenvalue weighted by Gasteiger charge is 2.60. The Hall–Kier alpha value is -2.47. The van der Waals surface area contributed by atoms with Gasteiger partial charge in [0.1, 0.15) is 5.82 Å². The maximum atomic E-state index is 14.4. The summed E-state index contributed by atoms with van der Waals surface area (Å²) < 4.78 is 14.4. The van der Waals surface area contributed by atoms with Crippen LogP contribution in [0.4, 0.5) is 9.18 Å². The Morgan fingerprint density at radius 1 is 1.12 bits per heavy atom. The number of pyridine rings is 1. The van der Waals surface area contributed by atoms with E-state index in [0.717, 1.165) is 24.1 Å². The van der Waals surface area contributed by atoms with Gasteiger partial charge in [0.15, 0.2) is 0 Å². The van der Waals surface area contributed by atoms with Crippen molar-refractivity contribution >= 4 is 6.03 Å². The van der Waals surface area contributed by atoms with Crippen LogP contribution in [0.2, 0.25) is 0 Å². The number of hydrogen-bond donors (Lipinski definition) is 2. The second-order valence-corrected chi connectivity index (χ2v) is 7.25. The molecular weight excluding hydrogens is 319 g/mol. The fourth-order valence-corrected chi connectivity index (χ4v) is 4.23. The maximum absolute atomic E-state index is 14.4. The third-order valence-electron chi connectivity index (χ3n) is 5.50. The van der Waals surface area contributed by atoms with E-state index >= 15 is 0 Å². The van der Waals surface area contributed by atoms with E-state index < -0.39 is 0 Å². The third kappa shape index (κ3) is 2.40. The van der Waals surface area contributed by atoms with Crippen LogP contribution in [0.15, 0.2) is 42.6 Å². The van der Waals surface area contributed by atoms with Gasteiger partial charge in [-0.05, 0) is 39.1 Å². The van der Waals surface area contributed by atoms with Gasteiger partial charge >= 0.3 is 6.03 Å². The molecule has 0 bridgehead atoms. The van der Waals surface area contributed by atoms with E-state index in [1.165, 1.54) is 6.07 Å². The Morgan fingerprint density at radius 3 is 2.48 bits per heavy atom. The normalized spacial score (nSPS) is 27.9. The highest BCUT2D eigenvalue weighted by atomic mass is 19.1. The smallest absolute Gasteiger partial charge is 0.315 e. The summed E-state index contributed by atoms with van der Waals surface area (Å²) in [7, 11) is 4.02. The molecule has 2 N–H and O–H groups in total. The van der Waals surface area contributed by atoms with Gasteiger partial charge in [-0.15, -0.1) is 0 Å². The second kappa shape index (κ2) is 5.52. The monoisotopic (exact) mass is 340 g/mol. The van der Waals surface area contributed by atoms with Gasteiger partial charge in [0.25, 0.3) is 0 Å². The standard InChI is InChI=1S/C19H21FN4O/c1-24(2)19(10-18(11-19)12-22-17(25)23-18)16-14(7-5-9-21-16)13-6-3-4-8-15(13)20/h3-9H,10-12H2,1-2H3,(H2,22,23,25). The molecule has 1 saturated heterocycles. The first kappa shape index (κ1) is 16.0. The molecular formula is C19H21FN4O. The van der Waals surface area contributed by atoms with E-state index in [-0.39, 0.29) is 22.9 Å². The van der Waals surface area contributed by atoms with Gasteiger partial charge in [0.2, 0.25) is 0 Å². The number of halogens is 1. The minimum absolute atomic E-state index is 0.122. The molecule has 25 heavy (non-hydrogen) atoms. The van der Waals surface area contributed by atoms with E-state index in [9.17, 15) is 9.18 Å². The van der Waals surface area contributed by atoms with Crippen LogP contribution in [-0.2, 0) is 5.54 Å². The van der Waals surface area contributed by atoms with Crippen LogP contribution in [0.3, 0.4) is 0 Å². The first-order valence-electron chi connectivity index (χ1n) is 8.40. The number of benzene rings is 1. The Labute approximate surface area is 146 Å². The number of rotatable bonds is 3. The summed E-state index contributed by atoms with van der Waals surface area (Å²) in [6.45, 7) is 0.614. The van der Waals surface area contributed by atoms with Crippen molar-refractivity contribution < 1.29 is 9.18 Å². The Balaban J connectivity index is 1.78. The molecule has 4 rings (SSSR count). The number of carbonyl (C=O) groups is 1. The molecule has 0 unspecified atom stereocenters. The zero-order valence-electron chi connectivity index (χ0n) is 14.3. The fourth-order valence-electron chi connectivity index (χ4n) is 4.23. The molecule has 2 aromatic rings. The molecule has 2 heterocycles. The lowest BCUT2D eigenvalue weighted by Gasteiger charge is -2.57. The molecule has 1 aliphatic carbocycles. The molecule has 2 fully saturated rings. The van der Waals surface area contributed by atoms with Crippen LogP contribution in [0, 0.1) is 5.82 Å². The van der Waals surface area contributed by atoms with Gasteiger partial charge < -0.3 is 10.6 Å². The number of nitrogens with zero attached hydrogens (tertiary/aromatic N) is 2. The predicted molar refractivity (Wildman–Crippen MR) is 93.5 cm³/mol. The highest BCUT2D eigenvalue weighted by molar-refractivity contribution is 5.78. The van der Waals surface area contributed by atoms with Gasteiger partial charge in [-0.25, -0.2) is 9.18 Å². The van der Waals surface area contributed by atoms with Crippen LogP contribution < -0.4 is 10.6 Å². The van der Waals surface area contributed by atoms with Crippen molar-refractivity contribution in [3.63, 3.8) is 0 Å². The molecule has 5 nitrogen and oxygen atoms in total. The molecule has 1 spiro atoms. The largest absolute Gasteiger partial charge is 0.336 e. The molecule has 1 aliphatic heterocycles. The first-order valence-corrected chi connectivity index (χ1v) is 8.40. The summed E-state index contributed by atoms with van der Waals surface area (Å²) in [5.74, 6) is -0.254. The van der Waals surface area contributed by atoms with Crippen LogP contribution >= 0.6 is 0 Å². The summed E-state index contributed by atoms with van der Waals surface area (Å²) in [6.07, 6.45) is 3.23.